The molecule has 0 unspecified atom stereocenters. The molecule has 1 N–H and O–H groups in total. The van der Waals surface area contributed by atoms with Gasteiger partial charge in [0.2, 0.25) is 15.9 Å². The van der Waals surface area contributed by atoms with Crippen LogP contribution in [0, 0.1) is 0 Å². The average Bonchev–Trinajstić information content (AvgIpc) is 2.76. The molecular weight excluding hydrogens is 408 g/mol. The molecule has 0 bridgehead atoms. The molecule has 30 heavy (non-hydrogen) atoms. The SMILES string of the molecule is CCOC(=O)N1CCN(C(=O)CN2CCC(NS(=O)(=O)c3ccccc3)CC2)CC1. The zero-order valence-electron chi connectivity index (χ0n) is 17.3. The summed E-state index contributed by atoms with van der Waals surface area (Å²) in [4.78, 5) is 30.1. The minimum atomic E-state index is -3.52. The maximum Gasteiger partial charge on any atom is 0.409 e. The van der Waals surface area contributed by atoms with E-state index in [1.165, 1.54) is 0 Å². The van der Waals surface area contributed by atoms with Crippen LogP contribution in [0.2, 0.25) is 0 Å². The van der Waals surface area contributed by atoms with E-state index in [9.17, 15) is 18.0 Å². The lowest BCUT2D eigenvalue weighted by atomic mass is 10.1. The summed E-state index contributed by atoms with van der Waals surface area (Å²) >= 11 is 0. The van der Waals surface area contributed by atoms with Crippen molar-refractivity contribution < 1.29 is 22.7 Å². The Morgan fingerprint density at radius 1 is 1.00 bits per heavy atom. The van der Waals surface area contributed by atoms with Crippen molar-refractivity contribution in [3.63, 3.8) is 0 Å². The summed E-state index contributed by atoms with van der Waals surface area (Å²) in [5, 5.41) is 0. The molecule has 2 amide bonds. The second-order valence-electron chi connectivity index (χ2n) is 7.55. The Morgan fingerprint density at radius 3 is 2.20 bits per heavy atom. The molecule has 2 aliphatic heterocycles. The number of benzene rings is 1. The van der Waals surface area contributed by atoms with Crippen LogP contribution in [0.25, 0.3) is 0 Å². The van der Waals surface area contributed by atoms with Crippen molar-refractivity contribution in [2.45, 2.75) is 30.7 Å². The average molecular weight is 439 g/mol. The Morgan fingerprint density at radius 2 is 1.60 bits per heavy atom. The summed E-state index contributed by atoms with van der Waals surface area (Å²) in [6.45, 7) is 5.73. The minimum absolute atomic E-state index is 0.0434. The van der Waals surface area contributed by atoms with Crippen molar-refractivity contribution in [1.29, 1.82) is 0 Å². The second-order valence-corrected chi connectivity index (χ2v) is 9.27. The van der Waals surface area contributed by atoms with Gasteiger partial charge in [0.1, 0.15) is 0 Å². The quantitative estimate of drug-likeness (QED) is 0.703. The van der Waals surface area contributed by atoms with Crippen molar-refractivity contribution in [3.05, 3.63) is 30.3 Å². The van der Waals surface area contributed by atoms with Gasteiger partial charge in [-0.1, -0.05) is 18.2 Å². The molecule has 2 fully saturated rings. The predicted octanol–water partition coefficient (Wildman–Crippen LogP) is 0.730. The van der Waals surface area contributed by atoms with Gasteiger partial charge in [0.05, 0.1) is 18.0 Å². The summed E-state index contributed by atoms with van der Waals surface area (Å²) in [6, 6.07) is 8.22. The molecule has 1 aromatic carbocycles. The lowest BCUT2D eigenvalue weighted by Gasteiger charge is -2.36. The molecular formula is C20H30N4O5S. The third-order valence-electron chi connectivity index (χ3n) is 5.48. The predicted molar refractivity (Wildman–Crippen MR) is 111 cm³/mol. The third-order valence-corrected chi connectivity index (χ3v) is 7.02. The summed E-state index contributed by atoms with van der Waals surface area (Å²) < 4.78 is 32.7. The number of carbonyl (C=O) groups excluding carboxylic acids is 2. The molecule has 0 aromatic heterocycles. The van der Waals surface area contributed by atoms with E-state index in [1.807, 2.05) is 0 Å². The number of likely N-dealkylation sites (tertiary alicyclic amines) is 1. The van der Waals surface area contributed by atoms with E-state index in [-0.39, 0.29) is 22.9 Å². The molecule has 0 spiro atoms. The highest BCUT2D eigenvalue weighted by atomic mass is 32.2. The van der Waals surface area contributed by atoms with Gasteiger partial charge in [0.15, 0.2) is 0 Å². The highest BCUT2D eigenvalue weighted by molar-refractivity contribution is 7.89. The summed E-state index contributed by atoms with van der Waals surface area (Å²) in [5.41, 5.74) is 0. The third kappa shape index (κ3) is 5.93. The van der Waals surface area contributed by atoms with Crippen molar-refractivity contribution in [1.82, 2.24) is 19.4 Å². The number of nitrogens with one attached hydrogen (secondary N) is 1. The Kier molecular flexibility index (Phi) is 7.68. The first kappa shape index (κ1) is 22.5. The Labute approximate surface area is 178 Å². The number of nitrogens with zero attached hydrogens (tertiary/aromatic N) is 3. The fourth-order valence-corrected chi connectivity index (χ4v) is 5.07. The van der Waals surface area contributed by atoms with Crippen LogP contribution in [0.4, 0.5) is 4.79 Å². The largest absolute Gasteiger partial charge is 0.450 e. The van der Waals surface area contributed by atoms with E-state index in [1.54, 1.807) is 47.1 Å². The number of piperazine rings is 1. The molecule has 3 rings (SSSR count). The highest BCUT2D eigenvalue weighted by Gasteiger charge is 2.28. The van der Waals surface area contributed by atoms with Gasteiger partial charge in [0.25, 0.3) is 0 Å². The standard InChI is InChI=1S/C20H30N4O5S/c1-2-29-20(26)24-14-12-23(13-15-24)19(25)16-22-10-8-17(9-11-22)21-30(27,28)18-6-4-3-5-7-18/h3-7,17,21H,2,8-16H2,1H3. The number of amides is 2. The van der Waals surface area contributed by atoms with E-state index in [4.69, 9.17) is 4.74 Å². The van der Waals surface area contributed by atoms with Crippen LogP contribution in [-0.2, 0) is 19.6 Å². The molecule has 0 atom stereocenters. The number of sulfonamides is 1. The molecule has 9 nitrogen and oxygen atoms in total. The van der Waals surface area contributed by atoms with Crippen LogP contribution >= 0.6 is 0 Å². The molecule has 1 aromatic rings. The van der Waals surface area contributed by atoms with E-state index in [0.717, 1.165) is 0 Å². The van der Waals surface area contributed by atoms with Gasteiger partial charge in [-0.3, -0.25) is 9.69 Å². The van der Waals surface area contributed by atoms with Gasteiger partial charge >= 0.3 is 6.09 Å². The van der Waals surface area contributed by atoms with Gasteiger partial charge in [-0.15, -0.1) is 0 Å². The fourth-order valence-electron chi connectivity index (χ4n) is 3.74. The lowest BCUT2D eigenvalue weighted by Crippen LogP contribution is -2.53. The van der Waals surface area contributed by atoms with Crippen LogP contribution in [0.1, 0.15) is 19.8 Å². The normalized spacial score (nSPS) is 19.0. The van der Waals surface area contributed by atoms with Crippen LogP contribution in [0.3, 0.4) is 0 Å². The van der Waals surface area contributed by atoms with E-state index in [0.29, 0.717) is 65.3 Å². The number of hydrogen-bond acceptors (Lipinski definition) is 6. The summed E-state index contributed by atoms with van der Waals surface area (Å²) in [5.74, 6) is 0.0434. The zero-order valence-corrected chi connectivity index (χ0v) is 18.1. The molecule has 0 radical (unpaired) electrons. The first-order valence-electron chi connectivity index (χ1n) is 10.4. The Balaban J connectivity index is 1.41. The van der Waals surface area contributed by atoms with Gasteiger partial charge in [0, 0.05) is 45.3 Å². The van der Waals surface area contributed by atoms with Gasteiger partial charge in [-0.2, -0.15) is 0 Å². The Hall–Kier alpha value is -2.17. The van der Waals surface area contributed by atoms with Crippen molar-refractivity contribution in [3.8, 4) is 0 Å². The first-order chi connectivity index (χ1) is 14.4. The molecule has 0 aliphatic carbocycles. The maximum atomic E-state index is 12.6. The van der Waals surface area contributed by atoms with Crippen LogP contribution in [0.15, 0.2) is 35.2 Å². The van der Waals surface area contributed by atoms with Crippen molar-refractivity contribution >= 4 is 22.0 Å². The molecule has 166 valence electrons. The second kappa shape index (κ2) is 10.2. The number of carbonyl (C=O) groups is 2. The highest BCUT2D eigenvalue weighted by Crippen LogP contribution is 2.15. The smallest absolute Gasteiger partial charge is 0.409 e. The van der Waals surface area contributed by atoms with Gasteiger partial charge < -0.3 is 14.5 Å². The van der Waals surface area contributed by atoms with E-state index >= 15 is 0 Å². The number of rotatable bonds is 6. The lowest BCUT2D eigenvalue weighted by molar-refractivity contribution is -0.134. The monoisotopic (exact) mass is 438 g/mol. The maximum absolute atomic E-state index is 12.6. The molecule has 10 heteroatoms. The molecule has 0 saturated carbocycles. The van der Waals surface area contributed by atoms with Crippen LogP contribution < -0.4 is 4.72 Å². The van der Waals surface area contributed by atoms with Crippen LogP contribution in [-0.4, -0.2) is 93.6 Å². The number of piperidine rings is 1. The summed E-state index contributed by atoms with van der Waals surface area (Å²) in [7, 11) is -3.52. The van der Waals surface area contributed by atoms with Crippen molar-refractivity contribution in [2.24, 2.45) is 0 Å². The minimum Gasteiger partial charge on any atom is -0.450 e. The zero-order chi connectivity index (χ0) is 21.6. The number of ether oxygens (including phenoxy) is 1. The Bertz CT molecular complexity index is 817. The molecule has 2 aliphatic rings. The molecule has 2 heterocycles. The fraction of sp³-hybridized carbons (Fsp3) is 0.600. The van der Waals surface area contributed by atoms with E-state index in [2.05, 4.69) is 9.62 Å². The number of hydrogen-bond donors (Lipinski definition) is 1. The molecule has 2 saturated heterocycles. The van der Waals surface area contributed by atoms with E-state index < -0.39 is 10.0 Å². The first-order valence-corrected chi connectivity index (χ1v) is 11.9. The van der Waals surface area contributed by atoms with Gasteiger partial charge in [-0.25, -0.2) is 17.9 Å². The van der Waals surface area contributed by atoms with Gasteiger partial charge in [-0.05, 0) is 31.9 Å². The summed E-state index contributed by atoms with van der Waals surface area (Å²) in [6.07, 6.45) is 0.996. The van der Waals surface area contributed by atoms with Crippen molar-refractivity contribution in [2.75, 3.05) is 52.4 Å². The van der Waals surface area contributed by atoms with Crippen LogP contribution in [0.5, 0.6) is 0 Å². The topological polar surface area (TPSA) is 99.3 Å².